The summed E-state index contributed by atoms with van der Waals surface area (Å²) in [4.78, 5) is 12.9. The number of aromatic nitrogens is 5. The zero-order valence-corrected chi connectivity index (χ0v) is 14.6. The SMILES string of the molecule is Cc1nc(C(C)Nc2ncc(-c3cc(C4CC4)[nH]n3)c(N)n2)ccc1F. The van der Waals surface area contributed by atoms with Gasteiger partial charge in [-0.15, -0.1) is 0 Å². The summed E-state index contributed by atoms with van der Waals surface area (Å²) >= 11 is 0. The second-order valence-corrected chi connectivity index (χ2v) is 6.64. The number of hydrogen-bond donors (Lipinski definition) is 3. The maximum Gasteiger partial charge on any atom is 0.225 e. The normalized spacial score (nSPS) is 15.0. The molecule has 1 unspecified atom stereocenters. The summed E-state index contributed by atoms with van der Waals surface area (Å²) in [6, 6.07) is 4.86. The molecule has 134 valence electrons. The number of nitrogen functional groups attached to an aromatic ring is 1. The van der Waals surface area contributed by atoms with Crippen molar-refractivity contribution in [2.24, 2.45) is 0 Å². The van der Waals surface area contributed by atoms with Crippen LogP contribution in [-0.2, 0) is 0 Å². The Hall–Kier alpha value is -3.03. The van der Waals surface area contributed by atoms with E-state index in [9.17, 15) is 4.39 Å². The zero-order valence-electron chi connectivity index (χ0n) is 14.6. The number of rotatable bonds is 5. The van der Waals surface area contributed by atoms with Gasteiger partial charge in [-0.2, -0.15) is 10.1 Å². The molecule has 1 aliphatic carbocycles. The summed E-state index contributed by atoms with van der Waals surface area (Å²) in [6.07, 6.45) is 4.06. The lowest BCUT2D eigenvalue weighted by molar-refractivity contribution is 0.605. The van der Waals surface area contributed by atoms with Crippen LogP contribution in [0.3, 0.4) is 0 Å². The van der Waals surface area contributed by atoms with E-state index in [0.717, 1.165) is 11.4 Å². The van der Waals surface area contributed by atoms with E-state index in [1.165, 1.54) is 18.9 Å². The third-order valence-electron chi connectivity index (χ3n) is 4.54. The number of nitrogens with one attached hydrogen (secondary N) is 2. The lowest BCUT2D eigenvalue weighted by atomic mass is 10.2. The summed E-state index contributed by atoms with van der Waals surface area (Å²) in [6.45, 7) is 3.54. The van der Waals surface area contributed by atoms with E-state index in [4.69, 9.17) is 5.73 Å². The van der Waals surface area contributed by atoms with Crippen molar-refractivity contribution in [3.8, 4) is 11.3 Å². The first kappa shape index (κ1) is 16.4. The van der Waals surface area contributed by atoms with Crippen LogP contribution in [0.5, 0.6) is 0 Å². The van der Waals surface area contributed by atoms with Crippen molar-refractivity contribution in [2.75, 3.05) is 11.1 Å². The van der Waals surface area contributed by atoms with Crippen LogP contribution in [0.1, 0.15) is 48.8 Å². The highest BCUT2D eigenvalue weighted by Crippen LogP contribution is 2.40. The highest BCUT2D eigenvalue weighted by molar-refractivity contribution is 5.71. The van der Waals surface area contributed by atoms with Crippen LogP contribution in [0.4, 0.5) is 16.2 Å². The average molecular weight is 353 g/mol. The lowest BCUT2D eigenvalue weighted by Gasteiger charge is -2.14. The third kappa shape index (κ3) is 3.22. The summed E-state index contributed by atoms with van der Waals surface area (Å²) in [7, 11) is 0. The standard InChI is InChI=1S/C18H20FN7/c1-9-13(19)5-6-14(22-9)10(2)23-18-21-8-12(17(20)24-18)16-7-15(25-26-16)11-3-4-11/h5-8,10-11H,3-4H2,1-2H3,(H,25,26)(H3,20,21,23,24). The lowest BCUT2D eigenvalue weighted by Crippen LogP contribution is -2.12. The molecule has 0 spiro atoms. The Morgan fingerprint density at radius 2 is 2.12 bits per heavy atom. The highest BCUT2D eigenvalue weighted by Gasteiger charge is 2.26. The van der Waals surface area contributed by atoms with Crippen LogP contribution >= 0.6 is 0 Å². The first-order valence-corrected chi connectivity index (χ1v) is 8.59. The van der Waals surface area contributed by atoms with E-state index in [1.54, 1.807) is 19.2 Å². The Morgan fingerprint density at radius 1 is 1.31 bits per heavy atom. The molecule has 3 heterocycles. The molecule has 1 saturated carbocycles. The summed E-state index contributed by atoms with van der Waals surface area (Å²) in [5.41, 5.74) is 9.74. The molecule has 0 amide bonds. The van der Waals surface area contributed by atoms with Gasteiger partial charge in [0.2, 0.25) is 5.95 Å². The van der Waals surface area contributed by atoms with E-state index in [1.807, 2.05) is 13.0 Å². The molecule has 8 heteroatoms. The van der Waals surface area contributed by atoms with Gasteiger partial charge < -0.3 is 11.1 Å². The second-order valence-electron chi connectivity index (χ2n) is 6.64. The third-order valence-corrected chi connectivity index (χ3v) is 4.54. The molecule has 26 heavy (non-hydrogen) atoms. The smallest absolute Gasteiger partial charge is 0.225 e. The van der Waals surface area contributed by atoms with Gasteiger partial charge in [0, 0.05) is 17.8 Å². The fourth-order valence-corrected chi connectivity index (χ4v) is 2.81. The number of aryl methyl sites for hydroxylation is 1. The Labute approximate surface area is 150 Å². The number of nitrogens with zero attached hydrogens (tertiary/aromatic N) is 4. The minimum atomic E-state index is -0.324. The van der Waals surface area contributed by atoms with Crippen molar-refractivity contribution in [1.29, 1.82) is 0 Å². The summed E-state index contributed by atoms with van der Waals surface area (Å²) < 4.78 is 13.4. The Bertz CT molecular complexity index is 948. The first-order chi connectivity index (χ1) is 12.5. The molecule has 0 radical (unpaired) electrons. The molecule has 4 rings (SSSR count). The Balaban J connectivity index is 1.52. The number of nitrogens with two attached hydrogens (primary N) is 1. The maximum absolute atomic E-state index is 13.4. The van der Waals surface area contributed by atoms with Gasteiger partial charge >= 0.3 is 0 Å². The molecule has 3 aromatic heterocycles. The van der Waals surface area contributed by atoms with Crippen molar-refractivity contribution >= 4 is 11.8 Å². The quantitative estimate of drug-likeness (QED) is 0.650. The van der Waals surface area contributed by atoms with Crippen LogP contribution in [0, 0.1) is 12.7 Å². The van der Waals surface area contributed by atoms with Gasteiger partial charge in [0.15, 0.2) is 0 Å². The molecule has 1 fully saturated rings. The van der Waals surface area contributed by atoms with Crippen LogP contribution in [0.2, 0.25) is 0 Å². The molecule has 3 aromatic rings. The van der Waals surface area contributed by atoms with Crippen LogP contribution < -0.4 is 11.1 Å². The van der Waals surface area contributed by atoms with Crippen LogP contribution in [0.25, 0.3) is 11.3 Å². The van der Waals surface area contributed by atoms with Crippen molar-refractivity contribution in [3.63, 3.8) is 0 Å². The Kier molecular flexibility index (Phi) is 4.02. The molecular formula is C18H20FN7. The Morgan fingerprint density at radius 3 is 2.81 bits per heavy atom. The molecule has 0 saturated heterocycles. The monoisotopic (exact) mass is 353 g/mol. The van der Waals surface area contributed by atoms with E-state index < -0.39 is 0 Å². The molecule has 4 N–H and O–H groups in total. The van der Waals surface area contributed by atoms with Gasteiger partial charge in [0.05, 0.1) is 28.7 Å². The largest absolute Gasteiger partial charge is 0.383 e. The van der Waals surface area contributed by atoms with Gasteiger partial charge in [0.25, 0.3) is 0 Å². The van der Waals surface area contributed by atoms with E-state index in [0.29, 0.717) is 34.6 Å². The maximum atomic E-state index is 13.4. The molecule has 0 aromatic carbocycles. The minimum absolute atomic E-state index is 0.189. The molecular weight excluding hydrogens is 333 g/mol. The van der Waals surface area contributed by atoms with Crippen LogP contribution in [-0.4, -0.2) is 25.1 Å². The van der Waals surface area contributed by atoms with Crippen LogP contribution in [0.15, 0.2) is 24.4 Å². The van der Waals surface area contributed by atoms with Crippen molar-refractivity contribution < 1.29 is 4.39 Å². The number of halogens is 1. The summed E-state index contributed by atoms with van der Waals surface area (Å²) in [5, 5.41) is 10.5. The van der Waals surface area contributed by atoms with Gasteiger partial charge in [-0.25, -0.2) is 9.37 Å². The molecule has 1 atom stereocenters. The van der Waals surface area contributed by atoms with Gasteiger partial charge in [-0.3, -0.25) is 10.1 Å². The number of aromatic amines is 1. The van der Waals surface area contributed by atoms with Crippen molar-refractivity contribution in [3.05, 3.63) is 47.3 Å². The van der Waals surface area contributed by atoms with Gasteiger partial charge in [-0.05, 0) is 44.9 Å². The predicted octanol–water partition coefficient (Wildman–Crippen LogP) is 3.34. The highest BCUT2D eigenvalue weighted by atomic mass is 19.1. The van der Waals surface area contributed by atoms with E-state index in [2.05, 4.69) is 30.5 Å². The molecule has 1 aliphatic rings. The summed E-state index contributed by atoms with van der Waals surface area (Å²) in [5.74, 6) is 1.01. The van der Waals surface area contributed by atoms with E-state index in [-0.39, 0.29) is 11.9 Å². The van der Waals surface area contributed by atoms with Crippen molar-refractivity contribution in [2.45, 2.75) is 38.6 Å². The predicted molar refractivity (Wildman–Crippen MR) is 97.0 cm³/mol. The fourth-order valence-electron chi connectivity index (χ4n) is 2.81. The number of anilines is 2. The topological polar surface area (TPSA) is 105 Å². The minimum Gasteiger partial charge on any atom is -0.383 e. The molecule has 7 nitrogen and oxygen atoms in total. The van der Waals surface area contributed by atoms with E-state index >= 15 is 0 Å². The molecule has 0 bridgehead atoms. The number of hydrogen-bond acceptors (Lipinski definition) is 6. The fraction of sp³-hybridized carbons (Fsp3) is 0.333. The second kappa shape index (κ2) is 6.36. The van der Waals surface area contributed by atoms with Crippen molar-refractivity contribution in [1.82, 2.24) is 25.1 Å². The van der Waals surface area contributed by atoms with Gasteiger partial charge in [0.1, 0.15) is 11.6 Å². The average Bonchev–Trinajstić information content (AvgIpc) is 3.35. The number of H-pyrrole nitrogens is 1. The van der Waals surface area contributed by atoms with Gasteiger partial charge in [-0.1, -0.05) is 0 Å². The molecule has 0 aliphatic heterocycles. The number of pyridine rings is 1. The zero-order chi connectivity index (χ0) is 18.3. The first-order valence-electron chi connectivity index (χ1n) is 8.59.